The Hall–Kier alpha value is -1.39. The number of aliphatic hydroxyl groups is 1. The maximum absolute atomic E-state index is 13.6. The van der Waals surface area contributed by atoms with Gasteiger partial charge in [-0.3, -0.25) is 4.68 Å². The van der Waals surface area contributed by atoms with Gasteiger partial charge in [0.15, 0.2) is 0 Å². The molecular weight excluding hydrogens is 267 g/mol. The van der Waals surface area contributed by atoms with E-state index >= 15 is 0 Å². The van der Waals surface area contributed by atoms with E-state index in [9.17, 15) is 9.50 Å². The minimum atomic E-state index is -0.863. The van der Waals surface area contributed by atoms with Crippen LogP contribution in [0.25, 0.3) is 0 Å². The molecule has 3 nitrogen and oxygen atoms in total. The SMILES string of the molecule is CCCn1ncc(Cl)c1C(O)Cc1ccccc1F. The monoisotopic (exact) mass is 282 g/mol. The van der Waals surface area contributed by atoms with Crippen LogP contribution in [0.2, 0.25) is 5.02 Å². The van der Waals surface area contributed by atoms with Crippen LogP contribution in [0, 0.1) is 5.82 Å². The Kier molecular flexibility index (Phi) is 4.56. The smallest absolute Gasteiger partial charge is 0.126 e. The number of nitrogens with zero attached hydrogens (tertiary/aromatic N) is 2. The number of rotatable bonds is 5. The van der Waals surface area contributed by atoms with E-state index in [-0.39, 0.29) is 12.2 Å². The fraction of sp³-hybridized carbons (Fsp3) is 0.357. The molecule has 1 unspecified atom stereocenters. The Morgan fingerprint density at radius 3 is 2.84 bits per heavy atom. The van der Waals surface area contributed by atoms with E-state index < -0.39 is 6.10 Å². The van der Waals surface area contributed by atoms with Gasteiger partial charge in [-0.05, 0) is 18.1 Å². The number of hydrogen-bond donors (Lipinski definition) is 1. The third-order valence-electron chi connectivity index (χ3n) is 2.96. The first kappa shape index (κ1) is 14.0. The molecule has 1 N–H and O–H groups in total. The summed E-state index contributed by atoms with van der Waals surface area (Å²) >= 11 is 6.04. The third-order valence-corrected chi connectivity index (χ3v) is 3.25. The van der Waals surface area contributed by atoms with Crippen LogP contribution in [0.1, 0.15) is 30.7 Å². The molecule has 1 aromatic heterocycles. The average molecular weight is 283 g/mol. The van der Waals surface area contributed by atoms with Gasteiger partial charge in [0.2, 0.25) is 0 Å². The predicted octanol–water partition coefficient (Wildman–Crippen LogP) is 3.36. The van der Waals surface area contributed by atoms with E-state index in [1.165, 1.54) is 12.3 Å². The predicted molar refractivity (Wildman–Crippen MR) is 72.6 cm³/mol. The molecule has 0 aliphatic rings. The van der Waals surface area contributed by atoms with Crippen LogP contribution >= 0.6 is 11.6 Å². The Morgan fingerprint density at radius 2 is 2.16 bits per heavy atom. The molecule has 1 aromatic carbocycles. The molecule has 0 saturated carbocycles. The Morgan fingerprint density at radius 1 is 1.42 bits per heavy atom. The Balaban J connectivity index is 2.22. The molecule has 0 saturated heterocycles. The fourth-order valence-corrected chi connectivity index (χ4v) is 2.33. The first-order valence-corrected chi connectivity index (χ1v) is 6.64. The quantitative estimate of drug-likeness (QED) is 0.913. The summed E-state index contributed by atoms with van der Waals surface area (Å²) in [7, 11) is 0. The summed E-state index contributed by atoms with van der Waals surface area (Å²) in [5, 5.41) is 14.8. The number of halogens is 2. The summed E-state index contributed by atoms with van der Waals surface area (Å²) in [6.07, 6.45) is 1.72. The average Bonchev–Trinajstić information content (AvgIpc) is 2.74. The number of hydrogen-bond acceptors (Lipinski definition) is 2. The first-order chi connectivity index (χ1) is 9.13. The standard InChI is InChI=1S/C14H16ClFN2O/c1-2-7-18-14(11(15)9-17-18)13(19)8-10-5-3-4-6-12(10)16/h3-6,9,13,19H,2,7-8H2,1H3. The van der Waals surface area contributed by atoms with E-state index in [2.05, 4.69) is 5.10 Å². The number of benzene rings is 1. The second-order valence-corrected chi connectivity index (χ2v) is 4.82. The van der Waals surface area contributed by atoms with Gasteiger partial charge in [-0.2, -0.15) is 5.10 Å². The highest BCUT2D eigenvalue weighted by Crippen LogP contribution is 2.26. The lowest BCUT2D eigenvalue weighted by Crippen LogP contribution is -2.12. The highest BCUT2D eigenvalue weighted by Gasteiger charge is 2.19. The first-order valence-electron chi connectivity index (χ1n) is 6.26. The van der Waals surface area contributed by atoms with Gasteiger partial charge in [-0.1, -0.05) is 36.7 Å². The number of aryl methyl sites for hydroxylation is 1. The van der Waals surface area contributed by atoms with E-state index in [1.54, 1.807) is 22.9 Å². The highest BCUT2D eigenvalue weighted by atomic mass is 35.5. The highest BCUT2D eigenvalue weighted by molar-refractivity contribution is 6.31. The number of aromatic nitrogens is 2. The van der Waals surface area contributed by atoms with Gasteiger partial charge in [-0.25, -0.2) is 4.39 Å². The zero-order chi connectivity index (χ0) is 13.8. The van der Waals surface area contributed by atoms with Crippen molar-refractivity contribution in [3.63, 3.8) is 0 Å². The van der Waals surface area contributed by atoms with Crippen molar-refractivity contribution in [2.24, 2.45) is 0 Å². The Labute approximate surface area is 116 Å². The van der Waals surface area contributed by atoms with Crippen LogP contribution in [-0.4, -0.2) is 14.9 Å². The van der Waals surface area contributed by atoms with Crippen molar-refractivity contribution in [3.05, 3.63) is 52.6 Å². The summed E-state index contributed by atoms with van der Waals surface area (Å²) < 4.78 is 15.2. The second-order valence-electron chi connectivity index (χ2n) is 4.41. The third kappa shape index (κ3) is 3.14. The molecule has 0 amide bonds. The van der Waals surface area contributed by atoms with Gasteiger partial charge < -0.3 is 5.11 Å². The second kappa shape index (κ2) is 6.17. The molecule has 102 valence electrons. The van der Waals surface area contributed by atoms with E-state index in [0.717, 1.165) is 6.42 Å². The topological polar surface area (TPSA) is 38.0 Å². The summed E-state index contributed by atoms with van der Waals surface area (Å²) in [5.41, 5.74) is 1.02. The van der Waals surface area contributed by atoms with Crippen LogP contribution in [0.15, 0.2) is 30.5 Å². The van der Waals surface area contributed by atoms with Gasteiger partial charge in [0.25, 0.3) is 0 Å². The lowest BCUT2D eigenvalue weighted by atomic mass is 10.1. The van der Waals surface area contributed by atoms with Gasteiger partial charge >= 0.3 is 0 Å². The molecule has 2 aromatic rings. The largest absolute Gasteiger partial charge is 0.386 e. The van der Waals surface area contributed by atoms with E-state index in [1.807, 2.05) is 6.92 Å². The molecule has 0 bridgehead atoms. The summed E-state index contributed by atoms with van der Waals surface area (Å²) in [6.45, 7) is 2.69. The molecule has 0 spiro atoms. The zero-order valence-electron chi connectivity index (χ0n) is 10.7. The maximum Gasteiger partial charge on any atom is 0.126 e. The molecule has 1 atom stereocenters. The van der Waals surface area contributed by atoms with Crippen molar-refractivity contribution in [1.29, 1.82) is 0 Å². The van der Waals surface area contributed by atoms with Crippen LogP contribution in [-0.2, 0) is 13.0 Å². The molecule has 0 aliphatic carbocycles. The van der Waals surface area contributed by atoms with E-state index in [4.69, 9.17) is 11.6 Å². The molecule has 0 radical (unpaired) electrons. The lowest BCUT2D eigenvalue weighted by Gasteiger charge is -2.14. The molecule has 19 heavy (non-hydrogen) atoms. The van der Waals surface area contributed by atoms with Crippen LogP contribution in [0.5, 0.6) is 0 Å². The van der Waals surface area contributed by atoms with Crippen molar-refractivity contribution in [1.82, 2.24) is 9.78 Å². The molecule has 0 aliphatic heterocycles. The van der Waals surface area contributed by atoms with Crippen LogP contribution in [0.4, 0.5) is 4.39 Å². The molecule has 0 fully saturated rings. The van der Waals surface area contributed by atoms with Crippen molar-refractivity contribution in [2.45, 2.75) is 32.4 Å². The van der Waals surface area contributed by atoms with Gasteiger partial charge in [0.05, 0.1) is 16.9 Å². The van der Waals surface area contributed by atoms with Crippen molar-refractivity contribution >= 4 is 11.6 Å². The zero-order valence-corrected chi connectivity index (χ0v) is 11.4. The van der Waals surface area contributed by atoms with Gasteiger partial charge in [0.1, 0.15) is 11.9 Å². The fourth-order valence-electron chi connectivity index (χ4n) is 2.06. The van der Waals surface area contributed by atoms with Crippen molar-refractivity contribution in [2.75, 3.05) is 0 Å². The van der Waals surface area contributed by atoms with Gasteiger partial charge in [-0.15, -0.1) is 0 Å². The molecule has 2 rings (SSSR count). The Bertz CT molecular complexity index is 556. The minimum Gasteiger partial charge on any atom is -0.386 e. The van der Waals surface area contributed by atoms with Crippen molar-refractivity contribution in [3.8, 4) is 0 Å². The molecule has 5 heteroatoms. The normalized spacial score (nSPS) is 12.6. The van der Waals surface area contributed by atoms with E-state index in [0.29, 0.717) is 22.8 Å². The summed E-state index contributed by atoms with van der Waals surface area (Å²) in [5.74, 6) is -0.320. The van der Waals surface area contributed by atoms with Crippen LogP contribution in [0.3, 0.4) is 0 Å². The van der Waals surface area contributed by atoms with Crippen LogP contribution < -0.4 is 0 Å². The lowest BCUT2D eigenvalue weighted by molar-refractivity contribution is 0.165. The maximum atomic E-state index is 13.6. The van der Waals surface area contributed by atoms with Crippen molar-refractivity contribution < 1.29 is 9.50 Å². The molecular formula is C14H16ClFN2O. The summed E-state index contributed by atoms with van der Waals surface area (Å²) in [4.78, 5) is 0. The van der Waals surface area contributed by atoms with Gasteiger partial charge in [0, 0.05) is 13.0 Å². The number of aliphatic hydroxyl groups excluding tert-OH is 1. The minimum absolute atomic E-state index is 0.182. The molecule has 1 heterocycles. The summed E-state index contributed by atoms with van der Waals surface area (Å²) in [6, 6.07) is 6.41.